The third-order valence-electron chi connectivity index (χ3n) is 1.32. The summed E-state index contributed by atoms with van der Waals surface area (Å²) in [6.07, 6.45) is 0.886. The van der Waals surface area contributed by atoms with Gasteiger partial charge in [0.05, 0.1) is 12.7 Å². The SMILES string of the molecule is CCOC(C)CC(N)CO. The summed E-state index contributed by atoms with van der Waals surface area (Å²) in [5.74, 6) is 0. The lowest BCUT2D eigenvalue weighted by atomic mass is 10.1. The molecule has 0 spiro atoms. The van der Waals surface area contributed by atoms with E-state index in [-0.39, 0.29) is 18.8 Å². The van der Waals surface area contributed by atoms with Crippen LogP contribution >= 0.6 is 0 Å². The van der Waals surface area contributed by atoms with Crippen molar-refractivity contribution in [2.45, 2.75) is 32.4 Å². The zero-order chi connectivity index (χ0) is 7.98. The molecule has 3 nitrogen and oxygen atoms in total. The van der Waals surface area contributed by atoms with Crippen LogP contribution in [-0.4, -0.2) is 30.5 Å². The van der Waals surface area contributed by atoms with Crippen molar-refractivity contribution in [3.63, 3.8) is 0 Å². The molecule has 0 rings (SSSR count). The van der Waals surface area contributed by atoms with Gasteiger partial charge in [0.25, 0.3) is 0 Å². The first-order chi connectivity index (χ1) is 4.70. The van der Waals surface area contributed by atoms with Gasteiger partial charge in [-0.05, 0) is 20.3 Å². The highest BCUT2D eigenvalue weighted by Crippen LogP contribution is 1.99. The molecule has 0 aliphatic heterocycles. The van der Waals surface area contributed by atoms with E-state index in [2.05, 4.69) is 0 Å². The van der Waals surface area contributed by atoms with Crippen molar-refractivity contribution in [3.05, 3.63) is 0 Å². The van der Waals surface area contributed by atoms with Crippen LogP contribution < -0.4 is 5.73 Å². The van der Waals surface area contributed by atoms with Crippen molar-refractivity contribution in [3.8, 4) is 0 Å². The maximum absolute atomic E-state index is 8.57. The summed E-state index contributed by atoms with van der Waals surface area (Å²) >= 11 is 0. The van der Waals surface area contributed by atoms with Gasteiger partial charge in [-0.1, -0.05) is 0 Å². The maximum atomic E-state index is 8.57. The highest BCUT2D eigenvalue weighted by molar-refractivity contribution is 4.63. The fraction of sp³-hybridized carbons (Fsp3) is 1.00. The minimum absolute atomic E-state index is 0.0391. The van der Waals surface area contributed by atoms with Crippen LogP contribution in [0.15, 0.2) is 0 Å². The van der Waals surface area contributed by atoms with E-state index in [0.717, 1.165) is 6.42 Å². The minimum Gasteiger partial charge on any atom is -0.395 e. The van der Waals surface area contributed by atoms with Crippen LogP contribution in [0.3, 0.4) is 0 Å². The summed E-state index contributed by atoms with van der Waals surface area (Å²) in [4.78, 5) is 0. The quantitative estimate of drug-likeness (QED) is 0.580. The van der Waals surface area contributed by atoms with Gasteiger partial charge in [-0.3, -0.25) is 0 Å². The summed E-state index contributed by atoms with van der Waals surface area (Å²) in [5.41, 5.74) is 5.47. The van der Waals surface area contributed by atoms with Crippen LogP contribution in [-0.2, 0) is 4.74 Å². The summed E-state index contributed by atoms with van der Waals surface area (Å²) in [6.45, 7) is 4.65. The van der Waals surface area contributed by atoms with E-state index in [1.807, 2.05) is 13.8 Å². The third kappa shape index (κ3) is 4.73. The first-order valence-electron chi connectivity index (χ1n) is 3.68. The molecular formula is C7H17NO2. The van der Waals surface area contributed by atoms with Crippen LogP contribution in [0.5, 0.6) is 0 Å². The van der Waals surface area contributed by atoms with Crippen molar-refractivity contribution in [1.29, 1.82) is 0 Å². The first kappa shape index (κ1) is 9.88. The average molecular weight is 147 g/mol. The number of rotatable bonds is 5. The topological polar surface area (TPSA) is 55.5 Å². The lowest BCUT2D eigenvalue weighted by Crippen LogP contribution is -2.29. The fourth-order valence-corrected chi connectivity index (χ4v) is 0.853. The Hall–Kier alpha value is -0.120. The van der Waals surface area contributed by atoms with Crippen molar-refractivity contribution < 1.29 is 9.84 Å². The fourth-order valence-electron chi connectivity index (χ4n) is 0.853. The number of hydrogen-bond donors (Lipinski definition) is 2. The molecule has 0 saturated carbocycles. The van der Waals surface area contributed by atoms with E-state index in [9.17, 15) is 0 Å². The second-order valence-corrected chi connectivity index (χ2v) is 2.44. The molecule has 0 radical (unpaired) electrons. The molecule has 0 aromatic heterocycles. The molecule has 0 bridgehead atoms. The molecule has 0 aromatic rings. The Bertz CT molecular complexity index is 78.0. The molecule has 2 unspecified atom stereocenters. The van der Waals surface area contributed by atoms with E-state index in [4.69, 9.17) is 15.6 Å². The summed E-state index contributed by atoms with van der Waals surface area (Å²) in [6, 6.07) is -0.137. The smallest absolute Gasteiger partial charge is 0.0583 e. The van der Waals surface area contributed by atoms with Gasteiger partial charge in [-0.25, -0.2) is 0 Å². The molecule has 3 heteroatoms. The zero-order valence-electron chi connectivity index (χ0n) is 6.71. The Labute approximate surface area is 62.2 Å². The molecule has 0 aliphatic rings. The van der Waals surface area contributed by atoms with Gasteiger partial charge in [0.15, 0.2) is 0 Å². The number of hydrogen-bond acceptors (Lipinski definition) is 3. The van der Waals surface area contributed by atoms with Crippen molar-refractivity contribution >= 4 is 0 Å². The Kier molecular flexibility index (Phi) is 5.58. The monoisotopic (exact) mass is 147 g/mol. The normalized spacial score (nSPS) is 16.8. The summed E-state index contributed by atoms with van der Waals surface area (Å²) in [7, 11) is 0. The van der Waals surface area contributed by atoms with E-state index < -0.39 is 0 Å². The number of aliphatic hydroxyl groups is 1. The molecule has 0 fully saturated rings. The first-order valence-corrected chi connectivity index (χ1v) is 3.68. The largest absolute Gasteiger partial charge is 0.395 e. The van der Waals surface area contributed by atoms with Crippen molar-refractivity contribution in [2.24, 2.45) is 5.73 Å². The minimum atomic E-state index is -0.137. The lowest BCUT2D eigenvalue weighted by molar-refractivity contribution is 0.0599. The van der Waals surface area contributed by atoms with Crippen LogP contribution in [0, 0.1) is 0 Å². The number of nitrogens with two attached hydrogens (primary N) is 1. The Balaban J connectivity index is 3.27. The molecule has 0 aliphatic carbocycles. The molecule has 3 N–H and O–H groups in total. The van der Waals surface area contributed by atoms with Crippen molar-refractivity contribution in [1.82, 2.24) is 0 Å². The second kappa shape index (κ2) is 5.65. The average Bonchev–Trinajstić information content (AvgIpc) is 1.88. The Morgan fingerprint density at radius 3 is 2.60 bits per heavy atom. The third-order valence-corrected chi connectivity index (χ3v) is 1.32. The predicted molar refractivity (Wildman–Crippen MR) is 40.8 cm³/mol. The molecule has 2 atom stereocenters. The van der Waals surface area contributed by atoms with E-state index in [1.165, 1.54) is 0 Å². The maximum Gasteiger partial charge on any atom is 0.0583 e. The standard InChI is InChI=1S/C7H17NO2/c1-3-10-6(2)4-7(8)5-9/h6-7,9H,3-5,8H2,1-2H3. The van der Waals surface area contributed by atoms with Gasteiger partial charge >= 0.3 is 0 Å². The van der Waals surface area contributed by atoms with Crippen LogP contribution in [0.2, 0.25) is 0 Å². The van der Waals surface area contributed by atoms with Gasteiger partial charge in [0.2, 0.25) is 0 Å². The van der Waals surface area contributed by atoms with Crippen LogP contribution in [0.4, 0.5) is 0 Å². The van der Waals surface area contributed by atoms with Crippen molar-refractivity contribution in [2.75, 3.05) is 13.2 Å². The summed E-state index contributed by atoms with van der Waals surface area (Å²) < 4.78 is 5.22. The summed E-state index contributed by atoms with van der Waals surface area (Å²) in [5, 5.41) is 8.57. The van der Waals surface area contributed by atoms with Gasteiger partial charge < -0.3 is 15.6 Å². The molecule has 0 amide bonds. The molecule has 0 saturated heterocycles. The van der Waals surface area contributed by atoms with Crippen LogP contribution in [0.25, 0.3) is 0 Å². The molecule has 10 heavy (non-hydrogen) atoms. The zero-order valence-corrected chi connectivity index (χ0v) is 6.71. The predicted octanol–water partition coefficient (Wildman–Crippen LogP) is 0.121. The van der Waals surface area contributed by atoms with E-state index >= 15 is 0 Å². The van der Waals surface area contributed by atoms with E-state index in [0.29, 0.717) is 6.61 Å². The number of aliphatic hydroxyl groups excluding tert-OH is 1. The number of ether oxygens (including phenoxy) is 1. The highest BCUT2D eigenvalue weighted by atomic mass is 16.5. The molecular weight excluding hydrogens is 130 g/mol. The second-order valence-electron chi connectivity index (χ2n) is 2.44. The van der Waals surface area contributed by atoms with Gasteiger partial charge in [-0.2, -0.15) is 0 Å². The molecule has 0 aromatic carbocycles. The van der Waals surface area contributed by atoms with Gasteiger partial charge in [0.1, 0.15) is 0 Å². The Morgan fingerprint density at radius 2 is 2.20 bits per heavy atom. The van der Waals surface area contributed by atoms with Crippen LogP contribution in [0.1, 0.15) is 20.3 Å². The van der Waals surface area contributed by atoms with E-state index in [1.54, 1.807) is 0 Å². The molecule has 0 heterocycles. The molecule has 62 valence electrons. The van der Waals surface area contributed by atoms with Gasteiger partial charge in [0, 0.05) is 12.6 Å². The van der Waals surface area contributed by atoms with Gasteiger partial charge in [-0.15, -0.1) is 0 Å². The Morgan fingerprint density at radius 1 is 1.60 bits per heavy atom. The highest BCUT2D eigenvalue weighted by Gasteiger charge is 2.06. The lowest BCUT2D eigenvalue weighted by Gasteiger charge is -2.14.